The molecule has 1 aromatic carbocycles. The molecule has 1 saturated heterocycles. The number of aliphatic imine (C=N–C) groups is 1. The maximum Gasteiger partial charge on any atom is 0.193 e. The van der Waals surface area contributed by atoms with Crippen LogP contribution in [0.15, 0.2) is 29.3 Å². The molecule has 1 unspecified atom stereocenters. The van der Waals surface area contributed by atoms with Crippen LogP contribution in [0.3, 0.4) is 0 Å². The molecule has 1 atom stereocenters. The van der Waals surface area contributed by atoms with Gasteiger partial charge >= 0.3 is 0 Å². The van der Waals surface area contributed by atoms with Crippen molar-refractivity contribution in [2.24, 2.45) is 16.8 Å². The molecule has 1 heterocycles. The van der Waals surface area contributed by atoms with Crippen LogP contribution in [0.25, 0.3) is 0 Å². The van der Waals surface area contributed by atoms with Gasteiger partial charge in [0.25, 0.3) is 0 Å². The summed E-state index contributed by atoms with van der Waals surface area (Å²) in [5.74, 6) is 3.01. The third-order valence-electron chi connectivity index (χ3n) is 4.17. The molecule has 25 heavy (non-hydrogen) atoms. The zero-order valence-corrected chi connectivity index (χ0v) is 16.1. The summed E-state index contributed by atoms with van der Waals surface area (Å²) in [4.78, 5) is 6.99. The van der Waals surface area contributed by atoms with Crippen LogP contribution in [0, 0.1) is 11.8 Å². The van der Waals surface area contributed by atoms with E-state index in [1.807, 2.05) is 12.1 Å². The second-order valence-corrected chi connectivity index (χ2v) is 7.13. The van der Waals surface area contributed by atoms with Crippen molar-refractivity contribution in [3.05, 3.63) is 29.8 Å². The Morgan fingerprint density at radius 3 is 2.72 bits per heavy atom. The first kappa shape index (κ1) is 19.6. The smallest absolute Gasteiger partial charge is 0.193 e. The van der Waals surface area contributed by atoms with Gasteiger partial charge in [-0.25, -0.2) is 4.99 Å². The molecule has 0 amide bonds. The van der Waals surface area contributed by atoms with Crippen molar-refractivity contribution < 1.29 is 9.47 Å². The van der Waals surface area contributed by atoms with E-state index >= 15 is 0 Å². The number of rotatable bonds is 8. The summed E-state index contributed by atoms with van der Waals surface area (Å²) in [5, 5.41) is 3.38. The second-order valence-electron chi connectivity index (χ2n) is 7.13. The van der Waals surface area contributed by atoms with Crippen molar-refractivity contribution >= 4 is 5.96 Å². The lowest BCUT2D eigenvalue weighted by atomic mass is 10.1. The van der Waals surface area contributed by atoms with Crippen molar-refractivity contribution in [1.82, 2.24) is 10.2 Å². The number of nitrogens with zero attached hydrogens (tertiary/aromatic N) is 2. The fourth-order valence-corrected chi connectivity index (χ4v) is 2.79. The number of guanidine groups is 1. The second kappa shape index (κ2) is 10.3. The summed E-state index contributed by atoms with van der Waals surface area (Å²) >= 11 is 0. The molecule has 0 aliphatic carbocycles. The predicted octanol–water partition coefficient (Wildman–Crippen LogP) is 3.16. The molecule has 1 aliphatic heterocycles. The number of hydrogen-bond acceptors (Lipinski definition) is 3. The number of nitrogens with one attached hydrogen (secondary N) is 1. The van der Waals surface area contributed by atoms with Gasteiger partial charge in [-0.2, -0.15) is 0 Å². The van der Waals surface area contributed by atoms with Gasteiger partial charge in [0.2, 0.25) is 0 Å². The van der Waals surface area contributed by atoms with Crippen molar-refractivity contribution in [2.75, 3.05) is 40.0 Å². The summed E-state index contributed by atoms with van der Waals surface area (Å²) in [7, 11) is 2.10. The third kappa shape index (κ3) is 6.94. The standard InChI is InChI=1S/C20H33N3O2/c1-5-21-20(23(4)13-18-10-11-24-15-18)22-12-17-6-8-19(9-7-17)25-14-16(2)3/h6-9,16,18H,5,10-15H2,1-4H3,(H,21,22). The van der Waals surface area contributed by atoms with Crippen molar-refractivity contribution in [1.29, 1.82) is 0 Å². The van der Waals surface area contributed by atoms with Gasteiger partial charge in [-0.3, -0.25) is 0 Å². The zero-order chi connectivity index (χ0) is 18.1. The predicted molar refractivity (Wildman–Crippen MR) is 103 cm³/mol. The Kier molecular flexibility index (Phi) is 8.06. The maximum absolute atomic E-state index is 5.73. The monoisotopic (exact) mass is 347 g/mol. The molecule has 0 spiro atoms. The minimum absolute atomic E-state index is 0.535. The molecule has 1 fully saturated rings. The van der Waals surface area contributed by atoms with Crippen LogP contribution in [-0.4, -0.2) is 50.8 Å². The molecular formula is C20H33N3O2. The van der Waals surface area contributed by atoms with Crippen molar-refractivity contribution in [2.45, 2.75) is 33.7 Å². The Morgan fingerprint density at radius 2 is 2.12 bits per heavy atom. The summed E-state index contributed by atoms with van der Waals surface area (Å²) in [6.45, 7) is 11.4. The van der Waals surface area contributed by atoms with Gasteiger partial charge in [0.05, 0.1) is 19.8 Å². The SMILES string of the molecule is CCNC(=NCc1ccc(OCC(C)C)cc1)N(C)CC1CCOC1. The molecule has 1 aliphatic rings. The normalized spacial score (nSPS) is 17.8. The molecule has 1 aromatic rings. The fraction of sp³-hybridized carbons (Fsp3) is 0.650. The van der Waals surface area contributed by atoms with Crippen LogP contribution in [-0.2, 0) is 11.3 Å². The maximum atomic E-state index is 5.73. The fourth-order valence-electron chi connectivity index (χ4n) is 2.79. The molecule has 5 heteroatoms. The Bertz CT molecular complexity index is 522. The van der Waals surface area contributed by atoms with Crippen molar-refractivity contribution in [3.63, 3.8) is 0 Å². The molecule has 0 radical (unpaired) electrons. The van der Waals surface area contributed by atoms with E-state index in [4.69, 9.17) is 14.5 Å². The van der Waals surface area contributed by atoms with E-state index in [2.05, 4.69) is 50.2 Å². The number of hydrogen-bond donors (Lipinski definition) is 1. The van der Waals surface area contributed by atoms with Crippen LogP contribution >= 0.6 is 0 Å². The topological polar surface area (TPSA) is 46.1 Å². The minimum Gasteiger partial charge on any atom is -0.493 e. The average molecular weight is 348 g/mol. The minimum atomic E-state index is 0.535. The van der Waals surface area contributed by atoms with Gasteiger partial charge in [0.15, 0.2) is 5.96 Å². The van der Waals surface area contributed by atoms with Crippen LogP contribution in [0.1, 0.15) is 32.8 Å². The number of benzene rings is 1. The molecule has 2 rings (SSSR count). The van der Waals surface area contributed by atoms with Gasteiger partial charge in [0.1, 0.15) is 5.75 Å². The van der Waals surface area contributed by atoms with Crippen LogP contribution in [0.2, 0.25) is 0 Å². The number of ether oxygens (including phenoxy) is 2. The van der Waals surface area contributed by atoms with E-state index in [9.17, 15) is 0 Å². The van der Waals surface area contributed by atoms with Gasteiger partial charge in [-0.05, 0) is 37.0 Å². The first-order valence-electron chi connectivity index (χ1n) is 9.37. The van der Waals surface area contributed by atoms with E-state index in [0.717, 1.165) is 51.0 Å². The molecule has 0 saturated carbocycles. The van der Waals surface area contributed by atoms with Crippen LogP contribution in [0.4, 0.5) is 0 Å². The van der Waals surface area contributed by atoms with Gasteiger partial charge in [-0.1, -0.05) is 26.0 Å². The van der Waals surface area contributed by atoms with Crippen LogP contribution in [0.5, 0.6) is 5.75 Å². The highest BCUT2D eigenvalue weighted by molar-refractivity contribution is 5.79. The molecule has 140 valence electrons. The Hall–Kier alpha value is -1.75. The molecule has 0 bridgehead atoms. The van der Waals surface area contributed by atoms with Gasteiger partial charge < -0.3 is 19.7 Å². The first-order valence-corrected chi connectivity index (χ1v) is 9.37. The average Bonchev–Trinajstić information content (AvgIpc) is 3.10. The van der Waals surface area contributed by atoms with Crippen LogP contribution < -0.4 is 10.1 Å². The lowest BCUT2D eigenvalue weighted by Crippen LogP contribution is -2.41. The summed E-state index contributed by atoms with van der Waals surface area (Å²) in [5.41, 5.74) is 1.19. The summed E-state index contributed by atoms with van der Waals surface area (Å²) < 4.78 is 11.2. The van der Waals surface area contributed by atoms with E-state index in [1.54, 1.807) is 0 Å². The Morgan fingerprint density at radius 1 is 1.36 bits per heavy atom. The summed E-state index contributed by atoms with van der Waals surface area (Å²) in [6, 6.07) is 8.24. The van der Waals surface area contributed by atoms with E-state index in [0.29, 0.717) is 18.4 Å². The van der Waals surface area contributed by atoms with E-state index in [1.165, 1.54) is 5.56 Å². The Balaban J connectivity index is 1.90. The van der Waals surface area contributed by atoms with Crippen molar-refractivity contribution in [3.8, 4) is 5.75 Å². The molecular weight excluding hydrogens is 314 g/mol. The highest BCUT2D eigenvalue weighted by Gasteiger charge is 2.19. The third-order valence-corrected chi connectivity index (χ3v) is 4.17. The van der Waals surface area contributed by atoms with Gasteiger partial charge in [-0.15, -0.1) is 0 Å². The quantitative estimate of drug-likeness (QED) is 0.580. The summed E-state index contributed by atoms with van der Waals surface area (Å²) in [6.07, 6.45) is 1.14. The van der Waals surface area contributed by atoms with E-state index in [-0.39, 0.29) is 0 Å². The molecule has 0 aromatic heterocycles. The lowest BCUT2D eigenvalue weighted by Gasteiger charge is -2.24. The molecule has 5 nitrogen and oxygen atoms in total. The van der Waals surface area contributed by atoms with Gasteiger partial charge in [0, 0.05) is 32.7 Å². The highest BCUT2D eigenvalue weighted by Crippen LogP contribution is 2.15. The highest BCUT2D eigenvalue weighted by atomic mass is 16.5. The van der Waals surface area contributed by atoms with E-state index < -0.39 is 0 Å². The Labute approximate surface area is 152 Å². The lowest BCUT2D eigenvalue weighted by molar-refractivity contribution is 0.181. The zero-order valence-electron chi connectivity index (χ0n) is 16.1. The molecule has 1 N–H and O–H groups in total. The largest absolute Gasteiger partial charge is 0.493 e. The first-order chi connectivity index (χ1) is 12.1.